The van der Waals surface area contributed by atoms with E-state index in [-0.39, 0.29) is 13.0 Å². The van der Waals surface area contributed by atoms with E-state index in [0.717, 1.165) is 11.6 Å². The first kappa shape index (κ1) is 29.6. The average Bonchev–Trinajstić information content (AvgIpc) is 2.94. The monoisotopic (exact) mass is 580 g/mol. The number of halogens is 5. The third-order valence-electron chi connectivity index (χ3n) is 6.71. The number of aromatic nitrogens is 1. The van der Waals surface area contributed by atoms with Crippen LogP contribution in [0.2, 0.25) is 5.02 Å². The number of urea groups is 1. The summed E-state index contributed by atoms with van der Waals surface area (Å²) in [6, 6.07) is 17.3. The van der Waals surface area contributed by atoms with Crippen LogP contribution in [0.1, 0.15) is 16.8 Å². The highest BCUT2D eigenvalue weighted by Gasteiger charge is 2.45. The zero-order valence-electron chi connectivity index (χ0n) is 21.5. The number of alkyl halides is 4. The van der Waals surface area contributed by atoms with Gasteiger partial charge >= 0.3 is 18.6 Å². The number of pyridine rings is 1. The molecule has 3 aromatic rings. The lowest BCUT2D eigenvalue weighted by Gasteiger charge is -2.40. The van der Waals surface area contributed by atoms with E-state index in [1.807, 2.05) is 35.2 Å². The fourth-order valence-electron chi connectivity index (χ4n) is 4.66. The number of aliphatic hydroxyl groups is 1. The summed E-state index contributed by atoms with van der Waals surface area (Å²) in [6.07, 6.45) is -7.20. The quantitative estimate of drug-likeness (QED) is 0.338. The van der Waals surface area contributed by atoms with E-state index in [1.165, 1.54) is 18.3 Å². The number of ether oxygens (including phenoxy) is 1. The number of carbonyl (C=O) groups is 1. The Balaban J connectivity index is 1.78. The van der Waals surface area contributed by atoms with Gasteiger partial charge in [0.1, 0.15) is 11.3 Å². The van der Waals surface area contributed by atoms with Crippen molar-refractivity contribution in [2.24, 2.45) is 0 Å². The Morgan fingerprint density at radius 3 is 2.40 bits per heavy atom. The Labute approximate surface area is 234 Å². The molecule has 7 nitrogen and oxygen atoms in total. The summed E-state index contributed by atoms with van der Waals surface area (Å²) in [5.74, 6) is -0.499. The molecule has 0 bridgehead atoms. The molecule has 1 atom stereocenters. The van der Waals surface area contributed by atoms with Gasteiger partial charge in [-0.2, -0.15) is 17.6 Å². The largest absolute Gasteiger partial charge is 0.461 e. The third kappa shape index (κ3) is 7.01. The number of carbonyl (C=O) groups excluding carboxylic acids is 1. The first-order valence-electron chi connectivity index (χ1n) is 12.6. The molecule has 1 aliphatic heterocycles. The van der Waals surface area contributed by atoms with Gasteiger partial charge in [-0.25, -0.2) is 4.79 Å². The SMILES string of the molecule is O=C(N[C@](Cc1ccccc1)(c1cccc(OC(F)(F)C(F)F)c1)c1ccc(Cl)cn1)N1CCN(CCO)CC1. The maximum absolute atomic E-state index is 13.8. The molecule has 2 heterocycles. The average molecular weight is 581 g/mol. The normalized spacial score (nSPS) is 16.0. The number of hydrogen-bond acceptors (Lipinski definition) is 5. The van der Waals surface area contributed by atoms with Crippen LogP contribution in [-0.4, -0.2) is 77.8 Å². The minimum absolute atomic E-state index is 0.0115. The van der Waals surface area contributed by atoms with Crippen LogP contribution < -0.4 is 10.1 Å². The molecule has 4 rings (SSSR count). The number of amides is 2. The van der Waals surface area contributed by atoms with Crippen LogP contribution in [0, 0.1) is 0 Å². The minimum Gasteiger partial charge on any atom is -0.428 e. The third-order valence-corrected chi connectivity index (χ3v) is 6.93. The van der Waals surface area contributed by atoms with Crippen LogP contribution in [0.5, 0.6) is 5.75 Å². The van der Waals surface area contributed by atoms with E-state index < -0.39 is 29.9 Å². The fourth-order valence-corrected chi connectivity index (χ4v) is 4.77. The van der Waals surface area contributed by atoms with Gasteiger partial charge < -0.3 is 20.1 Å². The number of benzene rings is 2. The summed E-state index contributed by atoms with van der Waals surface area (Å²) in [5, 5.41) is 12.7. The van der Waals surface area contributed by atoms with Crippen LogP contribution in [0.25, 0.3) is 0 Å². The molecule has 12 heteroatoms. The van der Waals surface area contributed by atoms with Gasteiger partial charge in [0, 0.05) is 45.3 Å². The molecule has 2 N–H and O–H groups in total. The van der Waals surface area contributed by atoms with E-state index in [1.54, 1.807) is 23.1 Å². The topological polar surface area (TPSA) is 77.9 Å². The van der Waals surface area contributed by atoms with Gasteiger partial charge in [0.2, 0.25) is 0 Å². The van der Waals surface area contributed by atoms with Gasteiger partial charge in [0.05, 0.1) is 17.3 Å². The van der Waals surface area contributed by atoms with Crippen molar-refractivity contribution < 1.29 is 32.2 Å². The van der Waals surface area contributed by atoms with Gasteiger partial charge in [-0.1, -0.05) is 54.1 Å². The van der Waals surface area contributed by atoms with Gasteiger partial charge in [-0.15, -0.1) is 0 Å². The van der Waals surface area contributed by atoms with E-state index in [0.29, 0.717) is 49.0 Å². The molecule has 1 fully saturated rings. The number of hydrogen-bond donors (Lipinski definition) is 2. The van der Waals surface area contributed by atoms with E-state index in [9.17, 15) is 27.5 Å². The second-order valence-corrected chi connectivity index (χ2v) is 9.84. The molecule has 40 heavy (non-hydrogen) atoms. The summed E-state index contributed by atoms with van der Waals surface area (Å²) in [4.78, 5) is 21.9. The lowest BCUT2D eigenvalue weighted by Crippen LogP contribution is -2.57. The second-order valence-electron chi connectivity index (χ2n) is 9.40. The van der Waals surface area contributed by atoms with Crippen molar-refractivity contribution >= 4 is 17.6 Å². The zero-order chi connectivity index (χ0) is 28.8. The number of nitrogens with one attached hydrogen (secondary N) is 1. The van der Waals surface area contributed by atoms with E-state index in [4.69, 9.17) is 11.6 Å². The predicted octanol–water partition coefficient (Wildman–Crippen LogP) is 4.78. The number of β-amino-alcohol motifs (C(OH)–C–C–N with tert-alkyl or cyclic N) is 1. The van der Waals surface area contributed by atoms with Crippen molar-refractivity contribution in [1.29, 1.82) is 0 Å². The Morgan fingerprint density at radius 1 is 1.05 bits per heavy atom. The lowest BCUT2D eigenvalue weighted by atomic mass is 9.80. The lowest BCUT2D eigenvalue weighted by molar-refractivity contribution is -0.253. The van der Waals surface area contributed by atoms with Crippen molar-refractivity contribution in [2.75, 3.05) is 39.3 Å². The number of nitrogens with zero attached hydrogens (tertiary/aromatic N) is 3. The summed E-state index contributed by atoms with van der Waals surface area (Å²) in [6.45, 7) is 2.42. The van der Waals surface area contributed by atoms with Crippen molar-refractivity contribution in [3.8, 4) is 5.75 Å². The fraction of sp³-hybridized carbons (Fsp3) is 0.357. The predicted molar refractivity (Wildman–Crippen MR) is 142 cm³/mol. The molecule has 1 aliphatic rings. The summed E-state index contributed by atoms with van der Waals surface area (Å²) in [5.41, 5.74) is 0.00780. The standard InChI is InChI=1S/C28H29ClF4N4O3/c29-22-9-10-24(34-19-22)27(18-20-5-2-1-3-6-20,35-26(39)37-13-11-36(12-14-37)15-16-38)21-7-4-8-23(17-21)40-28(32,33)25(30)31/h1-10,17,19,25,38H,11-16,18H2,(H,35,39)/t27-/m1/s1. The molecule has 2 aromatic carbocycles. The number of aliphatic hydroxyl groups excluding tert-OH is 1. The molecule has 214 valence electrons. The maximum atomic E-state index is 13.8. The molecular formula is C28H29ClF4N4O3. The summed E-state index contributed by atoms with van der Waals surface area (Å²) in [7, 11) is 0. The summed E-state index contributed by atoms with van der Waals surface area (Å²) < 4.78 is 57.8. The first-order valence-corrected chi connectivity index (χ1v) is 13.0. The first-order chi connectivity index (χ1) is 19.1. The van der Waals surface area contributed by atoms with Crippen molar-refractivity contribution in [3.63, 3.8) is 0 Å². The minimum atomic E-state index is -4.71. The number of rotatable bonds is 10. The molecule has 0 saturated carbocycles. The second kappa shape index (κ2) is 12.8. The number of piperazine rings is 1. The smallest absolute Gasteiger partial charge is 0.428 e. The molecule has 0 radical (unpaired) electrons. The Kier molecular flexibility index (Phi) is 9.49. The molecule has 1 aromatic heterocycles. The van der Waals surface area contributed by atoms with E-state index >= 15 is 0 Å². The molecule has 2 amide bonds. The Morgan fingerprint density at radius 2 is 1.77 bits per heavy atom. The van der Waals surface area contributed by atoms with Crippen molar-refractivity contribution in [3.05, 3.63) is 94.8 Å². The van der Waals surface area contributed by atoms with Crippen LogP contribution in [0.3, 0.4) is 0 Å². The maximum Gasteiger partial charge on any atom is 0.461 e. The zero-order valence-corrected chi connectivity index (χ0v) is 22.2. The van der Waals surface area contributed by atoms with Crippen LogP contribution in [0.4, 0.5) is 22.4 Å². The molecule has 0 unspecified atom stereocenters. The van der Waals surface area contributed by atoms with Gasteiger partial charge in [0.25, 0.3) is 0 Å². The van der Waals surface area contributed by atoms with E-state index in [2.05, 4.69) is 15.0 Å². The van der Waals surface area contributed by atoms with Gasteiger partial charge in [0.15, 0.2) is 0 Å². The van der Waals surface area contributed by atoms with Crippen LogP contribution >= 0.6 is 11.6 Å². The van der Waals surface area contributed by atoms with Crippen LogP contribution in [0.15, 0.2) is 72.9 Å². The van der Waals surface area contributed by atoms with Gasteiger partial charge in [-0.3, -0.25) is 9.88 Å². The highest BCUT2D eigenvalue weighted by Crippen LogP contribution is 2.36. The van der Waals surface area contributed by atoms with Crippen molar-refractivity contribution in [2.45, 2.75) is 24.5 Å². The van der Waals surface area contributed by atoms with Crippen LogP contribution in [-0.2, 0) is 12.0 Å². The molecule has 0 aliphatic carbocycles. The van der Waals surface area contributed by atoms with Crippen molar-refractivity contribution in [1.82, 2.24) is 20.1 Å². The molecular weight excluding hydrogens is 552 g/mol. The highest BCUT2D eigenvalue weighted by atomic mass is 35.5. The Bertz CT molecular complexity index is 1260. The highest BCUT2D eigenvalue weighted by molar-refractivity contribution is 6.30. The molecule has 0 spiro atoms. The Hall–Kier alpha value is -3.41. The summed E-state index contributed by atoms with van der Waals surface area (Å²) >= 11 is 6.11. The van der Waals surface area contributed by atoms with Gasteiger partial charge in [-0.05, 0) is 35.4 Å². The molecule has 1 saturated heterocycles.